The fraction of sp³-hybridized carbons (Fsp3) is 0. The highest BCUT2D eigenvalue weighted by atomic mass is 16.3. The van der Waals surface area contributed by atoms with Crippen molar-refractivity contribution < 1.29 is 5.11 Å². The molecule has 0 atom stereocenters. The molecule has 16 heavy (non-hydrogen) atoms. The number of aromatic nitrogens is 5. The summed E-state index contributed by atoms with van der Waals surface area (Å²) in [4.78, 5) is 12.2. The molecule has 0 aliphatic carbocycles. The zero-order valence-electron chi connectivity index (χ0n) is 8.15. The van der Waals surface area contributed by atoms with E-state index in [0.717, 1.165) is 0 Å². The molecule has 0 aliphatic heterocycles. The molecule has 0 aromatic carbocycles. The Morgan fingerprint density at radius 2 is 2.06 bits per heavy atom. The van der Waals surface area contributed by atoms with Crippen LogP contribution in [0.2, 0.25) is 0 Å². The number of rotatable bonds is 1. The second kappa shape index (κ2) is 3.27. The van der Waals surface area contributed by atoms with E-state index in [1.54, 1.807) is 35.1 Å². The summed E-state index contributed by atoms with van der Waals surface area (Å²) in [6.07, 6.45) is 3.39. The summed E-state index contributed by atoms with van der Waals surface area (Å²) in [6.45, 7) is 0. The average molecular weight is 213 g/mol. The van der Waals surface area contributed by atoms with Gasteiger partial charge in [-0.3, -0.25) is 0 Å². The highest BCUT2D eigenvalue weighted by Crippen LogP contribution is 2.15. The van der Waals surface area contributed by atoms with E-state index in [-0.39, 0.29) is 5.88 Å². The third-order valence-corrected chi connectivity index (χ3v) is 2.08. The Hall–Kier alpha value is -2.50. The van der Waals surface area contributed by atoms with Gasteiger partial charge in [-0.1, -0.05) is 6.07 Å². The molecule has 3 aromatic heterocycles. The van der Waals surface area contributed by atoms with Crippen molar-refractivity contribution in [2.75, 3.05) is 0 Å². The molecule has 0 spiro atoms. The maximum atomic E-state index is 9.26. The third-order valence-electron chi connectivity index (χ3n) is 2.08. The smallest absolute Gasteiger partial charge is 0.252 e. The summed E-state index contributed by atoms with van der Waals surface area (Å²) in [5, 5.41) is 13.5. The highest BCUT2D eigenvalue weighted by molar-refractivity contribution is 5.52. The van der Waals surface area contributed by atoms with Crippen LogP contribution in [0.1, 0.15) is 0 Å². The second-order valence-electron chi connectivity index (χ2n) is 3.18. The molecule has 3 rings (SSSR count). The van der Waals surface area contributed by atoms with Crippen LogP contribution in [0.3, 0.4) is 0 Å². The molecule has 0 amide bonds. The van der Waals surface area contributed by atoms with Crippen LogP contribution in [0.4, 0.5) is 0 Å². The van der Waals surface area contributed by atoms with Crippen LogP contribution in [-0.2, 0) is 0 Å². The summed E-state index contributed by atoms with van der Waals surface area (Å²) < 4.78 is 1.56. The Morgan fingerprint density at radius 3 is 2.88 bits per heavy atom. The minimum atomic E-state index is -0.0516. The largest absolute Gasteiger partial charge is 0.493 e. The zero-order valence-corrected chi connectivity index (χ0v) is 8.15. The van der Waals surface area contributed by atoms with Gasteiger partial charge in [-0.25, -0.2) is 14.5 Å². The third kappa shape index (κ3) is 1.36. The Labute approximate surface area is 90.2 Å². The van der Waals surface area contributed by atoms with Crippen molar-refractivity contribution in [1.82, 2.24) is 24.6 Å². The minimum absolute atomic E-state index is 0.0516. The Kier molecular flexibility index (Phi) is 1.79. The molecular weight excluding hydrogens is 206 g/mol. The van der Waals surface area contributed by atoms with Crippen molar-refractivity contribution in [2.24, 2.45) is 0 Å². The maximum absolute atomic E-state index is 9.26. The van der Waals surface area contributed by atoms with Crippen LogP contribution in [0.15, 0.2) is 36.7 Å². The first-order valence-corrected chi connectivity index (χ1v) is 4.67. The summed E-state index contributed by atoms with van der Waals surface area (Å²) in [5.41, 5.74) is 0.519. The van der Waals surface area contributed by atoms with E-state index in [1.165, 1.54) is 6.07 Å². The van der Waals surface area contributed by atoms with E-state index in [1.807, 2.05) is 0 Å². The van der Waals surface area contributed by atoms with E-state index >= 15 is 0 Å². The number of pyridine rings is 1. The van der Waals surface area contributed by atoms with Crippen LogP contribution >= 0.6 is 0 Å². The number of aromatic hydroxyl groups is 1. The lowest BCUT2D eigenvalue weighted by Crippen LogP contribution is -1.88. The summed E-state index contributed by atoms with van der Waals surface area (Å²) in [5.74, 6) is 0.890. The van der Waals surface area contributed by atoms with Gasteiger partial charge >= 0.3 is 0 Å². The van der Waals surface area contributed by atoms with Gasteiger partial charge in [0.2, 0.25) is 11.7 Å². The topological polar surface area (TPSA) is 76.2 Å². The summed E-state index contributed by atoms with van der Waals surface area (Å²) >= 11 is 0. The van der Waals surface area contributed by atoms with E-state index in [4.69, 9.17) is 0 Å². The number of nitrogens with zero attached hydrogens (tertiary/aromatic N) is 5. The van der Waals surface area contributed by atoms with Gasteiger partial charge in [0.25, 0.3) is 5.78 Å². The first kappa shape index (κ1) is 8.78. The molecule has 6 nitrogen and oxygen atoms in total. The Bertz CT molecular complexity index is 615. The van der Waals surface area contributed by atoms with E-state index < -0.39 is 0 Å². The quantitative estimate of drug-likeness (QED) is 0.649. The lowest BCUT2D eigenvalue weighted by Gasteiger charge is -1.93. The van der Waals surface area contributed by atoms with Gasteiger partial charge in [-0.15, -0.1) is 5.10 Å². The van der Waals surface area contributed by atoms with Gasteiger partial charge in [-0.2, -0.15) is 4.98 Å². The lowest BCUT2D eigenvalue weighted by molar-refractivity contribution is 0.454. The molecule has 0 unspecified atom stereocenters. The summed E-state index contributed by atoms with van der Waals surface area (Å²) in [6, 6.07) is 6.68. The normalized spacial score (nSPS) is 10.8. The van der Waals surface area contributed by atoms with Crippen LogP contribution in [-0.4, -0.2) is 29.7 Å². The standard InChI is InChI=1S/C10H7N5O/c16-8-4-1-3-7(12-8)9-13-10-11-5-2-6-15(10)14-9/h1-6H,(H,12,16). The molecule has 3 aromatic rings. The number of hydrogen-bond donors (Lipinski definition) is 1. The molecule has 0 saturated carbocycles. The molecule has 0 bridgehead atoms. The first-order valence-electron chi connectivity index (χ1n) is 4.67. The predicted octanol–water partition coefficient (Wildman–Crippen LogP) is 0.892. The van der Waals surface area contributed by atoms with Crippen molar-refractivity contribution in [3.8, 4) is 17.4 Å². The van der Waals surface area contributed by atoms with E-state index in [9.17, 15) is 5.11 Å². The highest BCUT2D eigenvalue weighted by Gasteiger charge is 2.07. The van der Waals surface area contributed by atoms with Gasteiger partial charge in [0, 0.05) is 18.5 Å². The maximum Gasteiger partial charge on any atom is 0.252 e. The monoisotopic (exact) mass is 213 g/mol. The van der Waals surface area contributed by atoms with Crippen molar-refractivity contribution in [3.05, 3.63) is 36.7 Å². The van der Waals surface area contributed by atoms with Crippen molar-refractivity contribution >= 4 is 5.78 Å². The van der Waals surface area contributed by atoms with Crippen molar-refractivity contribution in [2.45, 2.75) is 0 Å². The van der Waals surface area contributed by atoms with Crippen LogP contribution in [0.25, 0.3) is 17.3 Å². The Morgan fingerprint density at radius 1 is 1.12 bits per heavy atom. The van der Waals surface area contributed by atoms with Gasteiger partial charge in [0.15, 0.2) is 0 Å². The van der Waals surface area contributed by atoms with Crippen molar-refractivity contribution in [3.63, 3.8) is 0 Å². The first-order chi connectivity index (χ1) is 7.83. The minimum Gasteiger partial charge on any atom is -0.493 e. The number of fused-ring (bicyclic) bond motifs is 1. The molecule has 3 heterocycles. The van der Waals surface area contributed by atoms with Crippen LogP contribution in [0, 0.1) is 0 Å². The van der Waals surface area contributed by atoms with Gasteiger partial charge in [-0.05, 0) is 12.1 Å². The SMILES string of the molecule is Oc1cccc(-c2nc3ncccn3n2)n1. The molecule has 0 radical (unpaired) electrons. The Balaban J connectivity index is 2.19. The van der Waals surface area contributed by atoms with Crippen LogP contribution < -0.4 is 0 Å². The van der Waals surface area contributed by atoms with Crippen molar-refractivity contribution in [1.29, 1.82) is 0 Å². The van der Waals surface area contributed by atoms with E-state index in [0.29, 0.717) is 17.3 Å². The van der Waals surface area contributed by atoms with Gasteiger partial charge in [0.1, 0.15) is 5.69 Å². The predicted molar refractivity (Wildman–Crippen MR) is 55.7 cm³/mol. The average Bonchev–Trinajstić information content (AvgIpc) is 2.72. The molecule has 78 valence electrons. The lowest BCUT2D eigenvalue weighted by atomic mass is 10.3. The molecule has 0 saturated heterocycles. The second-order valence-corrected chi connectivity index (χ2v) is 3.18. The van der Waals surface area contributed by atoms with Gasteiger partial charge < -0.3 is 5.11 Å². The molecular formula is C10H7N5O. The fourth-order valence-corrected chi connectivity index (χ4v) is 1.39. The number of hydrogen-bond acceptors (Lipinski definition) is 5. The van der Waals surface area contributed by atoms with E-state index in [2.05, 4.69) is 20.1 Å². The zero-order chi connectivity index (χ0) is 11.0. The fourth-order valence-electron chi connectivity index (χ4n) is 1.39. The molecule has 6 heteroatoms. The molecule has 0 aliphatic rings. The molecule has 0 fully saturated rings. The summed E-state index contributed by atoms with van der Waals surface area (Å²) in [7, 11) is 0. The molecule has 1 N–H and O–H groups in total. The van der Waals surface area contributed by atoms with Crippen LogP contribution in [0.5, 0.6) is 5.88 Å². The van der Waals surface area contributed by atoms with Gasteiger partial charge in [0.05, 0.1) is 0 Å².